The summed E-state index contributed by atoms with van der Waals surface area (Å²) in [5, 5.41) is 5.59. The normalized spacial score (nSPS) is 10.2. The number of carbonyl (C=O) groups excluding carboxylic acids is 2. The molecular weight excluding hydrogens is 394 g/mol. The summed E-state index contributed by atoms with van der Waals surface area (Å²) in [6, 6.07) is 17.9. The van der Waals surface area contributed by atoms with Crippen LogP contribution in [0.25, 0.3) is 0 Å². The number of halogens is 1. The number of rotatable bonds is 5. The number of aromatic nitrogens is 1. The van der Waals surface area contributed by atoms with Crippen molar-refractivity contribution in [3.05, 3.63) is 88.7 Å². The van der Waals surface area contributed by atoms with Gasteiger partial charge in [0.15, 0.2) is 0 Å². The molecule has 130 valence electrons. The second kappa shape index (κ2) is 8.40. The molecule has 0 saturated carbocycles. The van der Waals surface area contributed by atoms with Gasteiger partial charge in [-0.3, -0.25) is 14.6 Å². The Hall–Kier alpha value is -2.99. The second-order valence-corrected chi connectivity index (χ2v) is 6.54. The largest absolute Gasteiger partial charge is 0.326 e. The van der Waals surface area contributed by atoms with E-state index in [0.717, 1.165) is 10.0 Å². The van der Waals surface area contributed by atoms with Crippen LogP contribution in [0.5, 0.6) is 0 Å². The van der Waals surface area contributed by atoms with Crippen LogP contribution in [0.4, 0.5) is 11.4 Å². The van der Waals surface area contributed by atoms with E-state index in [2.05, 4.69) is 31.5 Å². The number of nitrogens with one attached hydrogen (secondary N) is 2. The Balaban J connectivity index is 1.64. The van der Waals surface area contributed by atoms with E-state index in [-0.39, 0.29) is 18.2 Å². The van der Waals surface area contributed by atoms with Gasteiger partial charge in [-0.2, -0.15) is 0 Å². The van der Waals surface area contributed by atoms with E-state index >= 15 is 0 Å². The molecule has 0 aliphatic rings. The van der Waals surface area contributed by atoms with Crippen LogP contribution in [0.15, 0.2) is 77.5 Å². The fourth-order valence-corrected chi connectivity index (χ4v) is 2.64. The molecule has 26 heavy (non-hydrogen) atoms. The summed E-state index contributed by atoms with van der Waals surface area (Å²) in [6.07, 6.45) is 3.47. The predicted molar refractivity (Wildman–Crippen MR) is 105 cm³/mol. The number of carbonyl (C=O) groups is 2. The van der Waals surface area contributed by atoms with E-state index in [1.165, 1.54) is 0 Å². The molecule has 0 aliphatic heterocycles. The number of amides is 2. The number of hydrogen-bond acceptors (Lipinski definition) is 3. The lowest BCUT2D eigenvalue weighted by Gasteiger charge is -2.08. The number of pyridine rings is 1. The quantitative estimate of drug-likeness (QED) is 0.660. The van der Waals surface area contributed by atoms with Crippen LogP contribution in [-0.4, -0.2) is 16.8 Å². The molecule has 2 aromatic carbocycles. The molecule has 0 spiro atoms. The Morgan fingerprint density at radius 2 is 1.69 bits per heavy atom. The van der Waals surface area contributed by atoms with Gasteiger partial charge in [-0.25, -0.2) is 0 Å². The lowest BCUT2D eigenvalue weighted by Crippen LogP contribution is -2.16. The molecule has 0 atom stereocenters. The van der Waals surface area contributed by atoms with Crippen molar-refractivity contribution in [2.24, 2.45) is 0 Å². The molecule has 0 bridgehead atoms. The molecule has 2 amide bonds. The molecule has 2 N–H and O–H groups in total. The first-order chi connectivity index (χ1) is 12.6. The van der Waals surface area contributed by atoms with Crippen LogP contribution in [0.2, 0.25) is 0 Å². The molecule has 0 fully saturated rings. The van der Waals surface area contributed by atoms with Crippen molar-refractivity contribution in [1.29, 1.82) is 0 Å². The average molecular weight is 410 g/mol. The van der Waals surface area contributed by atoms with Gasteiger partial charge in [-0.05, 0) is 48.0 Å². The SMILES string of the molecule is O=C(Cc1ccc(Br)cc1)Nc1cccc(C(=O)Nc2cccnc2)c1. The van der Waals surface area contributed by atoms with Gasteiger partial charge in [0.2, 0.25) is 5.91 Å². The maximum absolute atomic E-state index is 12.3. The summed E-state index contributed by atoms with van der Waals surface area (Å²) in [7, 11) is 0. The summed E-state index contributed by atoms with van der Waals surface area (Å²) >= 11 is 3.37. The third-order valence-electron chi connectivity index (χ3n) is 3.61. The fraction of sp³-hybridized carbons (Fsp3) is 0.0500. The molecule has 3 rings (SSSR count). The zero-order valence-corrected chi connectivity index (χ0v) is 15.4. The Bertz CT molecular complexity index is 912. The zero-order chi connectivity index (χ0) is 18.4. The minimum absolute atomic E-state index is 0.142. The molecule has 6 heteroatoms. The van der Waals surface area contributed by atoms with Crippen molar-refractivity contribution in [2.45, 2.75) is 6.42 Å². The molecule has 1 heterocycles. The number of anilines is 2. The van der Waals surface area contributed by atoms with Gasteiger partial charge in [0.25, 0.3) is 5.91 Å². The topological polar surface area (TPSA) is 71.1 Å². The van der Waals surface area contributed by atoms with E-state index in [0.29, 0.717) is 16.9 Å². The summed E-state index contributed by atoms with van der Waals surface area (Å²) in [5.41, 5.74) is 2.56. The van der Waals surface area contributed by atoms with Crippen LogP contribution < -0.4 is 10.6 Å². The Morgan fingerprint density at radius 1 is 0.923 bits per heavy atom. The summed E-state index contributed by atoms with van der Waals surface area (Å²) in [4.78, 5) is 28.5. The molecular formula is C20H16BrN3O2. The van der Waals surface area contributed by atoms with E-state index in [4.69, 9.17) is 0 Å². The summed E-state index contributed by atoms with van der Waals surface area (Å²) in [6.45, 7) is 0. The van der Waals surface area contributed by atoms with Crippen molar-refractivity contribution in [1.82, 2.24) is 4.98 Å². The minimum Gasteiger partial charge on any atom is -0.326 e. The van der Waals surface area contributed by atoms with Gasteiger partial charge in [0.05, 0.1) is 18.3 Å². The second-order valence-electron chi connectivity index (χ2n) is 5.63. The molecule has 0 saturated heterocycles. The molecule has 1 aromatic heterocycles. The number of hydrogen-bond donors (Lipinski definition) is 2. The number of nitrogens with zero attached hydrogens (tertiary/aromatic N) is 1. The maximum atomic E-state index is 12.3. The fourth-order valence-electron chi connectivity index (χ4n) is 2.37. The van der Waals surface area contributed by atoms with Crippen molar-refractivity contribution in [3.8, 4) is 0 Å². The average Bonchev–Trinajstić information content (AvgIpc) is 2.64. The van der Waals surface area contributed by atoms with Gasteiger partial charge in [0, 0.05) is 21.9 Å². The van der Waals surface area contributed by atoms with Crippen LogP contribution in [0.3, 0.4) is 0 Å². The number of benzene rings is 2. The van der Waals surface area contributed by atoms with Gasteiger partial charge in [0.1, 0.15) is 0 Å². The van der Waals surface area contributed by atoms with E-state index < -0.39 is 0 Å². The van der Waals surface area contributed by atoms with Crippen molar-refractivity contribution < 1.29 is 9.59 Å². The maximum Gasteiger partial charge on any atom is 0.255 e. The monoisotopic (exact) mass is 409 g/mol. The molecule has 3 aromatic rings. The highest BCUT2D eigenvalue weighted by molar-refractivity contribution is 9.10. The van der Waals surface area contributed by atoms with E-state index in [1.807, 2.05) is 24.3 Å². The summed E-state index contributed by atoms with van der Waals surface area (Å²) < 4.78 is 0.967. The smallest absolute Gasteiger partial charge is 0.255 e. The Morgan fingerprint density at radius 3 is 2.42 bits per heavy atom. The zero-order valence-electron chi connectivity index (χ0n) is 13.8. The first-order valence-corrected chi connectivity index (χ1v) is 8.75. The predicted octanol–water partition coefficient (Wildman–Crippen LogP) is 4.28. The van der Waals surface area contributed by atoms with Crippen LogP contribution >= 0.6 is 15.9 Å². The minimum atomic E-state index is -0.262. The highest BCUT2D eigenvalue weighted by atomic mass is 79.9. The molecule has 5 nitrogen and oxygen atoms in total. The Kier molecular flexibility index (Phi) is 5.76. The van der Waals surface area contributed by atoms with Gasteiger partial charge in [-0.1, -0.05) is 34.1 Å². The lowest BCUT2D eigenvalue weighted by atomic mass is 10.1. The van der Waals surface area contributed by atoms with Gasteiger partial charge < -0.3 is 10.6 Å². The first-order valence-electron chi connectivity index (χ1n) is 7.96. The molecule has 0 radical (unpaired) electrons. The Labute approximate surface area is 159 Å². The van der Waals surface area contributed by atoms with Gasteiger partial charge >= 0.3 is 0 Å². The van der Waals surface area contributed by atoms with Gasteiger partial charge in [-0.15, -0.1) is 0 Å². The van der Waals surface area contributed by atoms with E-state index in [9.17, 15) is 9.59 Å². The van der Waals surface area contributed by atoms with Crippen molar-refractivity contribution in [3.63, 3.8) is 0 Å². The summed E-state index contributed by atoms with van der Waals surface area (Å²) in [5.74, 6) is -0.404. The lowest BCUT2D eigenvalue weighted by molar-refractivity contribution is -0.115. The molecule has 0 unspecified atom stereocenters. The first kappa shape index (κ1) is 17.8. The third kappa shape index (κ3) is 5.00. The molecule has 0 aliphatic carbocycles. The van der Waals surface area contributed by atoms with Crippen molar-refractivity contribution in [2.75, 3.05) is 10.6 Å². The third-order valence-corrected chi connectivity index (χ3v) is 4.13. The van der Waals surface area contributed by atoms with Crippen LogP contribution in [-0.2, 0) is 11.2 Å². The van der Waals surface area contributed by atoms with E-state index in [1.54, 1.807) is 48.8 Å². The van der Waals surface area contributed by atoms with Crippen molar-refractivity contribution >= 4 is 39.1 Å². The standard InChI is InChI=1S/C20H16BrN3O2/c21-16-8-6-14(7-9-16)11-19(25)23-17-4-1-3-15(12-17)20(26)24-18-5-2-10-22-13-18/h1-10,12-13H,11H2,(H,23,25)(H,24,26). The van der Waals surface area contributed by atoms with Crippen LogP contribution in [0, 0.1) is 0 Å². The highest BCUT2D eigenvalue weighted by Gasteiger charge is 2.09. The van der Waals surface area contributed by atoms with Crippen LogP contribution in [0.1, 0.15) is 15.9 Å². The highest BCUT2D eigenvalue weighted by Crippen LogP contribution is 2.15.